The van der Waals surface area contributed by atoms with Crippen molar-refractivity contribution in [3.8, 4) is 24.0 Å². The van der Waals surface area contributed by atoms with Crippen molar-refractivity contribution in [1.29, 1.82) is 0 Å². The van der Waals surface area contributed by atoms with Gasteiger partial charge in [-0.05, 0) is 85.2 Å². The molecule has 0 aliphatic heterocycles. The van der Waals surface area contributed by atoms with Crippen molar-refractivity contribution < 1.29 is 0 Å². The maximum absolute atomic E-state index is 11.4. The van der Waals surface area contributed by atoms with Crippen molar-refractivity contribution in [1.82, 2.24) is 0 Å². The van der Waals surface area contributed by atoms with Crippen LogP contribution in [0.25, 0.3) is 16.7 Å². The Kier molecular flexibility index (Phi) is 6.41. The molecule has 0 atom stereocenters. The van der Waals surface area contributed by atoms with Crippen LogP contribution in [0, 0.1) is 17.8 Å². The lowest BCUT2D eigenvalue weighted by molar-refractivity contribution is 0.554. The Morgan fingerprint density at radius 1 is 1.11 bits per heavy atom. The average Bonchev–Trinajstić information content (AvgIpc) is 2.99. The Morgan fingerprint density at radius 3 is 2.41 bits per heavy atom. The van der Waals surface area contributed by atoms with Gasteiger partial charge in [-0.2, -0.15) is 0 Å². The van der Waals surface area contributed by atoms with E-state index in [1.807, 2.05) is 39.0 Å². The standard InChI is InChI=1S/C22H22ClNO.C2H2/c1-5-7-15-12-19-17(14(15)2)8-6-9-18(19)20-13-16(23)10-11-21(20)22(3,4)24-25;1-2/h5-11,13H,12H2,1-4H3;1-2H/b7-5-;. The molecule has 0 heterocycles. The molecule has 0 N–H and O–H groups in total. The molecule has 2 aromatic rings. The summed E-state index contributed by atoms with van der Waals surface area (Å²) in [5.41, 5.74) is 7.42. The molecule has 138 valence electrons. The lowest BCUT2D eigenvalue weighted by Gasteiger charge is -2.22. The molecule has 0 amide bonds. The molecule has 2 aromatic carbocycles. The fourth-order valence-corrected chi connectivity index (χ4v) is 3.76. The molecule has 1 aliphatic rings. The van der Waals surface area contributed by atoms with Gasteiger partial charge in [-0.25, -0.2) is 0 Å². The van der Waals surface area contributed by atoms with Crippen molar-refractivity contribution in [2.75, 3.05) is 0 Å². The molecule has 0 bridgehead atoms. The van der Waals surface area contributed by atoms with Crippen LogP contribution in [-0.4, -0.2) is 0 Å². The number of nitrogens with zero attached hydrogens (tertiary/aromatic N) is 1. The molecule has 0 spiro atoms. The molecule has 0 aromatic heterocycles. The topological polar surface area (TPSA) is 29.4 Å². The summed E-state index contributed by atoms with van der Waals surface area (Å²) < 4.78 is 0. The Hall–Kier alpha value is -2.63. The number of benzene rings is 2. The first-order valence-corrected chi connectivity index (χ1v) is 9.19. The molecule has 0 unspecified atom stereocenters. The summed E-state index contributed by atoms with van der Waals surface area (Å²) >= 11 is 6.29. The highest BCUT2D eigenvalue weighted by molar-refractivity contribution is 6.31. The normalized spacial score (nSPS) is 13.3. The van der Waals surface area contributed by atoms with Gasteiger partial charge in [-0.15, -0.1) is 17.8 Å². The molecular weight excluding hydrogens is 354 g/mol. The maximum atomic E-state index is 11.4. The van der Waals surface area contributed by atoms with Crippen LogP contribution in [0.15, 0.2) is 59.3 Å². The Labute approximate surface area is 166 Å². The predicted octanol–water partition coefficient (Wildman–Crippen LogP) is 7.16. The zero-order valence-electron chi connectivity index (χ0n) is 16.2. The van der Waals surface area contributed by atoms with E-state index in [4.69, 9.17) is 11.6 Å². The number of nitroso groups, excluding NO2 is 1. The van der Waals surface area contributed by atoms with Crippen LogP contribution in [0.1, 0.15) is 44.4 Å². The zero-order chi connectivity index (χ0) is 20.2. The SMILES string of the molecule is C#C.C/C=C\C1=C(C)c2cccc(-c3cc(Cl)ccc3C(C)(C)N=O)c2C1. The van der Waals surface area contributed by atoms with Crippen LogP contribution in [0.2, 0.25) is 5.02 Å². The molecule has 0 radical (unpaired) electrons. The van der Waals surface area contributed by atoms with Gasteiger partial charge in [0, 0.05) is 5.02 Å². The van der Waals surface area contributed by atoms with E-state index < -0.39 is 5.54 Å². The number of hydrogen-bond donors (Lipinski definition) is 0. The monoisotopic (exact) mass is 377 g/mol. The minimum atomic E-state index is -0.810. The average molecular weight is 378 g/mol. The van der Waals surface area contributed by atoms with E-state index >= 15 is 0 Å². The number of allylic oxidation sites excluding steroid dienone is 4. The molecular formula is C24H24ClNO. The van der Waals surface area contributed by atoms with E-state index in [2.05, 4.69) is 55.3 Å². The molecule has 3 rings (SSSR count). The lowest BCUT2D eigenvalue weighted by Crippen LogP contribution is -2.14. The van der Waals surface area contributed by atoms with E-state index in [1.165, 1.54) is 22.3 Å². The summed E-state index contributed by atoms with van der Waals surface area (Å²) in [5, 5.41) is 4.01. The summed E-state index contributed by atoms with van der Waals surface area (Å²) in [6.07, 6.45) is 13.1. The second kappa shape index (κ2) is 8.37. The van der Waals surface area contributed by atoms with Gasteiger partial charge in [0.15, 0.2) is 0 Å². The molecule has 2 nitrogen and oxygen atoms in total. The minimum Gasteiger partial charge on any atom is -0.150 e. The van der Waals surface area contributed by atoms with Gasteiger partial charge in [-0.1, -0.05) is 53.2 Å². The zero-order valence-corrected chi connectivity index (χ0v) is 17.0. The van der Waals surface area contributed by atoms with Gasteiger partial charge in [-0.3, -0.25) is 0 Å². The molecule has 1 aliphatic carbocycles. The molecule has 0 saturated carbocycles. The third kappa shape index (κ3) is 3.89. The van der Waals surface area contributed by atoms with Crippen molar-refractivity contribution in [3.63, 3.8) is 0 Å². The van der Waals surface area contributed by atoms with Crippen molar-refractivity contribution in [3.05, 3.63) is 80.7 Å². The van der Waals surface area contributed by atoms with E-state index in [9.17, 15) is 4.91 Å². The number of fused-ring (bicyclic) bond motifs is 1. The van der Waals surface area contributed by atoms with Gasteiger partial charge in [0.05, 0.1) is 0 Å². The van der Waals surface area contributed by atoms with Gasteiger partial charge in [0.2, 0.25) is 0 Å². The van der Waals surface area contributed by atoms with Crippen LogP contribution in [0.3, 0.4) is 0 Å². The van der Waals surface area contributed by atoms with Crippen LogP contribution in [0.5, 0.6) is 0 Å². The van der Waals surface area contributed by atoms with E-state index in [0.29, 0.717) is 5.02 Å². The number of hydrogen-bond acceptors (Lipinski definition) is 2. The summed E-state index contributed by atoms with van der Waals surface area (Å²) in [7, 11) is 0. The first kappa shape index (κ1) is 20.7. The van der Waals surface area contributed by atoms with Gasteiger partial charge in [0.25, 0.3) is 0 Å². The van der Waals surface area contributed by atoms with Crippen molar-refractivity contribution >= 4 is 17.2 Å². The summed E-state index contributed by atoms with van der Waals surface area (Å²) in [5.74, 6) is 0. The highest BCUT2D eigenvalue weighted by atomic mass is 35.5. The third-order valence-electron chi connectivity index (χ3n) is 4.96. The summed E-state index contributed by atoms with van der Waals surface area (Å²) in [6.45, 7) is 7.88. The number of halogens is 1. The fourth-order valence-electron chi connectivity index (χ4n) is 3.58. The second-order valence-corrected chi connectivity index (χ2v) is 7.44. The van der Waals surface area contributed by atoms with E-state index in [0.717, 1.165) is 23.1 Å². The Bertz CT molecular complexity index is 948. The molecule has 0 fully saturated rings. The maximum Gasteiger partial charge on any atom is 0.122 e. The molecule has 0 saturated heterocycles. The number of rotatable bonds is 4. The van der Waals surface area contributed by atoms with Crippen LogP contribution in [0.4, 0.5) is 0 Å². The Morgan fingerprint density at radius 2 is 1.78 bits per heavy atom. The first-order chi connectivity index (χ1) is 12.9. The smallest absolute Gasteiger partial charge is 0.122 e. The second-order valence-electron chi connectivity index (χ2n) is 7.00. The van der Waals surface area contributed by atoms with Gasteiger partial charge >= 0.3 is 0 Å². The molecule has 3 heteroatoms. The van der Waals surface area contributed by atoms with Crippen LogP contribution >= 0.6 is 11.6 Å². The predicted molar refractivity (Wildman–Crippen MR) is 117 cm³/mol. The molecule has 27 heavy (non-hydrogen) atoms. The third-order valence-corrected chi connectivity index (χ3v) is 5.19. The van der Waals surface area contributed by atoms with Crippen molar-refractivity contribution in [2.45, 2.75) is 39.7 Å². The van der Waals surface area contributed by atoms with Crippen LogP contribution in [-0.2, 0) is 12.0 Å². The van der Waals surface area contributed by atoms with Crippen LogP contribution < -0.4 is 0 Å². The minimum absolute atomic E-state index is 0.661. The first-order valence-electron chi connectivity index (χ1n) is 8.82. The summed E-state index contributed by atoms with van der Waals surface area (Å²) in [6, 6.07) is 12.0. The van der Waals surface area contributed by atoms with E-state index in [-0.39, 0.29) is 0 Å². The highest BCUT2D eigenvalue weighted by Gasteiger charge is 2.28. The largest absolute Gasteiger partial charge is 0.150 e. The lowest BCUT2D eigenvalue weighted by atomic mass is 9.85. The van der Waals surface area contributed by atoms with Gasteiger partial charge in [0.1, 0.15) is 5.54 Å². The number of terminal acetylenes is 1. The quantitative estimate of drug-likeness (QED) is 0.410. The van der Waals surface area contributed by atoms with Crippen molar-refractivity contribution in [2.24, 2.45) is 5.18 Å². The van der Waals surface area contributed by atoms with E-state index in [1.54, 1.807) is 0 Å². The Balaban J connectivity index is 0.00000126. The fraction of sp³-hybridized carbons (Fsp3) is 0.250. The van der Waals surface area contributed by atoms with Gasteiger partial charge < -0.3 is 0 Å². The highest BCUT2D eigenvalue weighted by Crippen LogP contribution is 2.43. The summed E-state index contributed by atoms with van der Waals surface area (Å²) in [4.78, 5) is 11.4.